The van der Waals surface area contributed by atoms with Gasteiger partial charge in [-0.2, -0.15) is 0 Å². The fourth-order valence-corrected chi connectivity index (χ4v) is 2.38. The molecule has 0 unspecified atom stereocenters. The van der Waals surface area contributed by atoms with Crippen molar-refractivity contribution in [1.29, 1.82) is 0 Å². The molecule has 1 saturated heterocycles. The number of aliphatic hydroxyl groups excluding tert-OH is 1. The topological polar surface area (TPSA) is 52.5 Å². The van der Waals surface area contributed by atoms with Gasteiger partial charge >= 0.3 is 0 Å². The third-order valence-corrected chi connectivity index (χ3v) is 3.54. The van der Waals surface area contributed by atoms with Crippen molar-refractivity contribution in [3.63, 3.8) is 0 Å². The third-order valence-electron chi connectivity index (χ3n) is 3.54. The maximum absolute atomic E-state index is 9.05. The lowest BCUT2D eigenvalue weighted by Crippen LogP contribution is -2.47. The standard InChI is InChI=1S/C12H18N4O/c17-9-10-7-13-8-12(14-10)16-5-3-15(4-6-16)11-1-2-11/h7-8,11,17H,1-6,9H2. The largest absolute Gasteiger partial charge is 0.390 e. The summed E-state index contributed by atoms with van der Waals surface area (Å²) in [7, 11) is 0. The molecular weight excluding hydrogens is 216 g/mol. The Morgan fingerprint density at radius 2 is 1.94 bits per heavy atom. The van der Waals surface area contributed by atoms with E-state index in [9.17, 15) is 0 Å². The van der Waals surface area contributed by atoms with E-state index in [1.54, 1.807) is 12.4 Å². The predicted octanol–water partition coefficient (Wildman–Crippen LogP) is 0.253. The van der Waals surface area contributed by atoms with Crippen molar-refractivity contribution in [3.05, 3.63) is 18.1 Å². The van der Waals surface area contributed by atoms with Crippen LogP contribution in [0, 0.1) is 0 Å². The van der Waals surface area contributed by atoms with E-state index < -0.39 is 0 Å². The Kier molecular flexibility index (Phi) is 2.94. The van der Waals surface area contributed by atoms with E-state index in [1.807, 2.05) is 0 Å². The van der Waals surface area contributed by atoms with E-state index in [1.165, 1.54) is 12.8 Å². The zero-order chi connectivity index (χ0) is 11.7. The molecule has 1 aliphatic heterocycles. The summed E-state index contributed by atoms with van der Waals surface area (Å²) < 4.78 is 0. The monoisotopic (exact) mass is 234 g/mol. The minimum atomic E-state index is -0.0388. The summed E-state index contributed by atoms with van der Waals surface area (Å²) in [5.74, 6) is 0.895. The lowest BCUT2D eigenvalue weighted by atomic mass is 10.3. The number of hydrogen-bond donors (Lipinski definition) is 1. The summed E-state index contributed by atoms with van der Waals surface area (Å²) in [4.78, 5) is 13.3. The first kappa shape index (κ1) is 10.9. The molecule has 2 heterocycles. The van der Waals surface area contributed by atoms with Crippen molar-refractivity contribution in [2.45, 2.75) is 25.5 Å². The molecule has 17 heavy (non-hydrogen) atoms. The minimum Gasteiger partial charge on any atom is -0.390 e. The van der Waals surface area contributed by atoms with Crippen molar-refractivity contribution in [2.75, 3.05) is 31.1 Å². The van der Waals surface area contributed by atoms with E-state index in [0.29, 0.717) is 5.69 Å². The first-order valence-electron chi connectivity index (χ1n) is 6.27. The van der Waals surface area contributed by atoms with Crippen LogP contribution >= 0.6 is 0 Å². The van der Waals surface area contributed by atoms with Crippen LogP contribution in [0.2, 0.25) is 0 Å². The summed E-state index contributed by atoms with van der Waals surface area (Å²) >= 11 is 0. The van der Waals surface area contributed by atoms with Crippen molar-refractivity contribution >= 4 is 5.82 Å². The quantitative estimate of drug-likeness (QED) is 0.812. The molecule has 1 aromatic heterocycles. The van der Waals surface area contributed by atoms with Crippen LogP contribution in [0.5, 0.6) is 0 Å². The Morgan fingerprint density at radius 3 is 2.59 bits per heavy atom. The van der Waals surface area contributed by atoms with Crippen LogP contribution in [-0.2, 0) is 6.61 Å². The van der Waals surface area contributed by atoms with E-state index in [0.717, 1.165) is 38.0 Å². The van der Waals surface area contributed by atoms with Gasteiger partial charge in [0.25, 0.3) is 0 Å². The van der Waals surface area contributed by atoms with Gasteiger partial charge in [0, 0.05) is 32.2 Å². The second-order valence-corrected chi connectivity index (χ2v) is 4.78. The zero-order valence-electron chi connectivity index (χ0n) is 9.92. The second-order valence-electron chi connectivity index (χ2n) is 4.78. The van der Waals surface area contributed by atoms with Crippen LogP contribution < -0.4 is 4.90 Å². The normalized spacial score (nSPS) is 21.8. The van der Waals surface area contributed by atoms with Gasteiger partial charge in [-0.1, -0.05) is 0 Å². The highest BCUT2D eigenvalue weighted by Crippen LogP contribution is 2.28. The molecule has 2 fully saturated rings. The highest BCUT2D eigenvalue weighted by atomic mass is 16.3. The molecule has 5 heteroatoms. The summed E-state index contributed by atoms with van der Waals surface area (Å²) in [6, 6.07) is 0.854. The van der Waals surface area contributed by atoms with E-state index in [2.05, 4.69) is 19.8 Å². The van der Waals surface area contributed by atoms with E-state index >= 15 is 0 Å². The van der Waals surface area contributed by atoms with Gasteiger partial charge in [-0.15, -0.1) is 0 Å². The van der Waals surface area contributed by atoms with Gasteiger partial charge in [0.15, 0.2) is 0 Å². The lowest BCUT2D eigenvalue weighted by molar-refractivity contribution is 0.247. The Bertz CT molecular complexity index is 386. The molecule has 0 radical (unpaired) electrons. The Labute approximate surface area is 101 Å². The van der Waals surface area contributed by atoms with Crippen molar-refractivity contribution in [1.82, 2.24) is 14.9 Å². The number of aliphatic hydroxyl groups is 1. The molecule has 1 aromatic rings. The molecule has 1 saturated carbocycles. The molecule has 0 bridgehead atoms. The molecule has 0 atom stereocenters. The lowest BCUT2D eigenvalue weighted by Gasteiger charge is -2.35. The van der Waals surface area contributed by atoms with Gasteiger partial charge in [-0.25, -0.2) is 4.98 Å². The SMILES string of the molecule is OCc1cncc(N2CCN(C3CC3)CC2)n1. The average molecular weight is 234 g/mol. The summed E-state index contributed by atoms with van der Waals surface area (Å²) in [6.07, 6.45) is 6.15. The van der Waals surface area contributed by atoms with Gasteiger partial charge in [0.2, 0.25) is 0 Å². The summed E-state index contributed by atoms with van der Waals surface area (Å²) in [5, 5.41) is 9.05. The van der Waals surface area contributed by atoms with Crippen molar-refractivity contribution in [2.24, 2.45) is 0 Å². The maximum atomic E-state index is 9.05. The fourth-order valence-electron chi connectivity index (χ4n) is 2.38. The number of hydrogen-bond acceptors (Lipinski definition) is 5. The maximum Gasteiger partial charge on any atom is 0.147 e. The van der Waals surface area contributed by atoms with Crippen LogP contribution in [0.15, 0.2) is 12.4 Å². The van der Waals surface area contributed by atoms with Gasteiger partial charge in [-0.3, -0.25) is 9.88 Å². The molecule has 0 spiro atoms. The summed E-state index contributed by atoms with van der Waals surface area (Å²) in [6.45, 7) is 4.23. The second kappa shape index (κ2) is 4.58. The smallest absolute Gasteiger partial charge is 0.147 e. The Morgan fingerprint density at radius 1 is 1.18 bits per heavy atom. The first-order chi connectivity index (χ1) is 8.36. The Hall–Kier alpha value is -1.20. The average Bonchev–Trinajstić information content (AvgIpc) is 3.23. The van der Waals surface area contributed by atoms with Crippen LogP contribution in [0.3, 0.4) is 0 Å². The number of nitrogens with zero attached hydrogens (tertiary/aromatic N) is 4. The van der Waals surface area contributed by atoms with Crippen LogP contribution in [0.1, 0.15) is 18.5 Å². The van der Waals surface area contributed by atoms with Gasteiger partial charge < -0.3 is 10.0 Å². The zero-order valence-corrected chi connectivity index (χ0v) is 9.92. The fraction of sp³-hybridized carbons (Fsp3) is 0.667. The molecule has 2 aliphatic rings. The predicted molar refractivity (Wildman–Crippen MR) is 64.8 cm³/mol. The summed E-state index contributed by atoms with van der Waals surface area (Å²) in [5.41, 5.74) is 0.645. The molecule has 0 amide bonds. The number of aromatic nitrogens is 2. The van der Waals surface area contributed by atoms with Gasteiger partial charge in [0.05, 0.1) is 24.7 Å². The van der Waals surface area contributed by atoms with Crippen molar-refractivity contribution < 1.29 is 5.11 Å². The molecule has 0 aromatic carbocycles. The number of anilines is 1. The molecule has 5 nitrogen and oxygen atoms in total. The van der Waals surface area contributed by atoms with Crippen LogP contribution in [0.25, 0.3) is 0 Å². The molecule has 1 N–H and O–H groups in total. The third kappa shape index (κ3) is 2.40. The minimum absolute atomic E-state index is 0.0388. The molecule has 92 valence electrons. The van der Waals surface area contributed by atoms with E-state index in [4.69, 9.17) is 5.11 Å². The first-order valence-corrected chi connectivity index (χ1v) is 6.27. The molecule has 3 rings (SSSR count). The van der Waals surface area contributed by atoms with Gasteiger partial charge in [0.1, 0.15) is 5.82 Å². The highest BCUT2D eigenvalue weighted by Gasteiger charge is 2.31. The highest BCUT2D eigenvalue weighted by molar-refractivity contribution is 5.37. The molecular formula is C12H18N4O. The Balaban J connectivity index is 1.64. The van der Waals surface area contributed by atoms with Crippen molar-refractivity contribution in [3.8, 4) is 0 Å². The number of rotatable bonds is 3. The van der Waals surface area contributed by atoms with Crippen LogP contribution in [-0.4, -0.2) is 52.2 Å². The number of piperazine rings is 1. The van der Waals surface area contributed by atoms with Crippen LogP contribution in [0.4, 0.5) is 5.82 Å². The molecule has 1 aliphatic carbocycles. The van der Waals surface area contributed by atoms with E-state index in [-0.39, 0.29) is 6.61 Å². The van der Waals surface area contributed by atoms with Gasteiger partial charge in [-0.05, 0) is 12.8 Å².